The molecule has 2 saturated heterocycles. The summed E-state index contributed by atoms with van der Waals surface area (Å²) in [4.78, 5) is 6.52. The van der Waals surface area contributed by atoms with Gasteiger partial charge < -0.3 is 15.4 Å². The van der Waals surface area contributed by atoms with Gasteiger partial charge in [-0.1, -0.05) is 43.3 Å². The molecule has 8 heteroatoms. The Hall–Kier alpha value is -2.49. The summed E-state index contributed by atoms with van der Waals surface area (Å²) >= 11 is 1.92. The Morgan fingerprint density at radius 2 is 1.42 bits per heavy atom. The van der Waals surface area contributed by atoms with Crippen molar-refractivity contribution >= 4 is 11.8 Å². The molecule has 0 aliphatic carbocycles. The van der Waals surface area contributed by atoms with Crippen molar-refractivity contribution in [3.63, 3.8) is 0 Å². The highest BCUT2D eigenvalue weighted by Crippen LogP contribution is 2.42. The van der Waals surface area contributed by atoms with Crippen molar-refractivity contribution in [3.8, 4) is 5.75 Å². The summed E-state index contributed by atoms with van der Waals surface area (Å²) in [5, 5.41) is 7.28. The van der Waals surface area contributed by atoms with Crippen LogP contribution in [0.25, 0.3) is 0 Å². The number of benzene rings is 3. The van der Waals surface area contributed by atoms with Crippen molar-refractivity contribution in [2.45, 2.75) is 68.3 Å². The lowest BCUT2D eigenvalue weighted by Gasteiger charge is -2.57. The number of fused-ring (bicyclic) bond motifs is 1. The first-order valence-corrected chi connectivity index (χ1v) is 16.9. The number of hydrogen-bond donors (Lipinski definition) is 2. The first kappa shape index (κ1) is 30.5. The molecule has 0 radical (unpaired) electrons. The number of hydrogen-bond acceptors (Lipinski definition) is 6. The fraction of sp³-hybridized carbons (Fsp3) is 0.486. The van der Waals surface area contributed by atoms with E-state index in [2.05, 4.69) is 45.6 Å². The first-order valence-electron chi connectivity index (χ1n) is 15.9. The molecule has 0 bridgehead atoms. The van der Waals surface area contributed by atoms with Gasteiger partial charge in [0.1, 0.15) is 17.4 Å². The number of nitrogens with one attached hydrogen (secondary N) is 2. The molecule has 2 N–H and O–H groups in total. The van der Waals surface area contributed by atoms with Gasteiger partial charge in [0, 0.05) is 57.8 Å². The fourth-order valence-electron chi connectivity index (χ4n) is 7.15. The predicted octanol–water partition coefficient (Wildman–Crippen LogP) is 5.87. The van der Waals surface area contributed by atoms with Gasteiger partial charge in [0.15, 0.2) is 0 Å². The van der Waals surface area contributed by atoms with Gasteiger partial charge >= 0.3 is 0 Å². The number of nitrogens with zero attached hydrogens (tertiary/aromatic N) is 2. The summed E-state index contributed by atoms with van der Waals surface area (Å²) in [7, 11) is 0. The molecule has 230 valence electrons. The minimum atomic E-state index is -0.679. The molecule has 2 atom stereocenters. The molecule has 2 unspecified atom stereocenters. The van der Waals surface area contributed by atoms with Gasteiger partial charge in [-0.2, -0.15) is 0 Å². The third-order valence-corrected chi connectivity index (χ3v) is 10.4. The highest BCUT2D eigenvalue weighted by molar-refractivity contribution is 7.99. The molecule has 43 heavy (non-hydrogen) atoms. The van der Waals surface area contributed by atoms with Gasteiger partial charge in [0.05, 0.1) is 4.90 Å². The molecule has 6 rings (SSSR count). The number of thioether (sulfide) groups is 1. The third kappa shape index (κ3) is 6.94. The second kappa shape index (κ2) is 14.1. The SMILES string of the molecule is CCCC(Oc1cccc2c1SCCC2)(N1CCNCC1Cc1ccc(F)cc1)N1CCNCC1Cc1ccc(F)cc1. The van der Waals surface area contributed by atoms with E-state index in [9.17, 15) is 8.78 Å². The first-order chi connectivity index (χ1) is 21.1. The number of piperazine rings is 2. The minimum absolute atomic E-state index is 0.166. The quantitative estimate of drug-likeness (QED) is 0.301. The van der Waals surface area contributed by atoms with Gasteiger partial charge in [-0.25, -0.2) is 18.6 Å². The van der Waals surface area contributed by atoms with Crippen LogP contribution in [0.3, 0.4) is 0 Å². The van der Waals surface area contributed by atoms with Crippen LogP contribution in [-0.4, -0.2) is 72.8 Å². The van der Waals surface area contributed by atoms with Crippen molar-refractivity contribution in [1.82, 2.24) is 20.4 Å². The van der Waals surface area contributed by atoms with Gasteiger partial charge in [-0.15, -0.1) is 11.8 Å². The molecular formula is C35H44F2N4OS. The number of rotatable bonds is 10. The normalized spacial score (nSPS) is 23.0. The summed E-state index contributed by atoms with van der Waals surface area (Å²) < 4.78 is 35.2. The van der Waals surface area contributed by atoms with E-state index in [1.807, 2.05) is 36.0 Å². The molecule has 0 saturated carbocycles. The van der Waals surface area contributed by atoms with Crippen molar-refractivity contribution < 1.29 is 13.5 Å². The number of aryl methyl sites for hydroxylation is 1. The van der Waals surface area contributed by atoms with Gasteiger partial charge in [-0.3, -0.25) is 0 Å². The number of halogens is 2. The van der Waals surface area contributed by atoms with Crippen molar-refractivity contribution in [3.05, 3.63) is 95.1 Å². The van der Waals surface area contributed by atoms with E-state index in [1.54, 1.807) is 24.3 Å². The van der Waals surface area contributed by atoms with Crippen LogP contribution < -0.4 is 15.4 Å². The average molecular weight is 607 g/mol. The van der Waals surface area contributed by atoms with Gasteiger partial charge in [-0.05, 0) is 84.9 Å². The van der Waals surface area contributed by atoms with Crippen LogP contribution in [0.1, 0.15) is 42.9 Å². The lowest BCUT2D eigenvalue weighted by Crippen LogP contribution is -2.75. The topological polar surface area (TPSA) is 39.8 Å². The molecular weight excluding hydrogens is 562 g/mol. The minimum Gasteiger partial charge on any atom is -0.458 e. The highest BCUT2D eigenvalue weighted by Gasteiger charge is 2.51. The second-order valence-electron chi connectivity index (χ2n) is 12.1. The van der Waals surface area contributed by atoms with E-state index in [0.29, 0.717) is 0 Å². The maximum Gasteiger partial charge on any atom is 0.223 e. The Kier molecular flexibility index (Phi) is 10.00. The summed E-state index contributed by atoms with van der Waals surface area (Å²) in [6.07, 6.45) is 5.69. The molecule has 3 heterocycles. The lowest BCUT2D eigenvalue weighted by molar-refractivity contribution is -0.235. The van der Waals surface area contributed by atoms with E-state index < -0.39 is 5.85 Å². The maximum atomic E-state index is 13.8. The van der Waals surface area contributed by atoms with Crippen LogP contribution >= 0.6 is 11.8 Å². The molecule has 0 aromatic heterocycles. The molecule has 3 aromatic rings. The molecule has 3 aromatic carbocycles. The van der Waals surface area contributed by atoms with Crippen molar-refractivity contribution in [2.75, 3.05) is 45.0 Å². The van der Waals surface area contributed by atoms with E-state index in [1.165, 1.54) is 16.9 Å². The monoisotopic (exact) mass is 606 g/mol. The van der Waals surface area contributed by atoms with Gasteiger partial charge in [0.2, 0.25) is 5.85 Å². The van der Waals surface area contributed by atoms with Crippen LogP contribution in [0.5, 0.6) is 5.75 Å². The zero-order chi connectivity index (χ0) is 29.6. The third-order valence-electron chi connectivity index (χ3n) is 9.11. The van der Waals surface area contributed by atoms with Gasteiger partial charge in [0.25, 0.3) is 0 Å². The van der Waals surface area contributed by atoms with E-state index in [4.69, 9.17) is 4.74 Å². The molecule has 2 fully saturated rings. The Balaban J connectivity index is 1.43. The highest BCUT2D eigenvalue weighted by atomic mass is 32.2. The predicted molar refractivity (Wildman–Crippen MR) is 171 cm³/mol. The zero-order valence-corrected chi connectivity index (χ0v) is 26.0. The summed E-state index contributed by atoms with van der Waals surface area (Å²) in [5.74, 6) is 0.995. The van der Waals surface area contributed by atoms with E-state index in [0.717, 1.165) is 94.0 Å². The summed E-state index contributed by atoms with van der Waals surface area (Å²) in [5.41, 5.74) is 3.63. The molecule has 0 amide bonds. The largest absolute Gasteiger partial charge is 0.458 e. The van der Waals surface area contributed by atoms with Crippen LogP contribution in [0.4, 0.5) is 8.78 Å². The Morgan fingerprint density at radius 3 is 1.98 bits per heavy atom. The van der Waals surface area contributed by atoms with E-state index in [-0.39, 0.29) is 23.7 Å². The van der Waals surface area contributed by atoms with Crippen LogP contribution in [-0.2, 0) is 19.3 Å². The summed E-state index contributed by atoms with van der Waals surface area (Å²) in [6, 6.07) is 20.8. The zero-order valence-electron chi connectivity index (χ0n) is 25.2. The number of ether oxygens (including phenoxy) is 1. The molecule has 3 aliphatic rings. The van der Waals surface area contributed by atoms with Crippen LogP contribution in [0.2, 0.25) is 0 Å². The van der Waals surface area contributed by atoms with Crippen LogP contribution in [0.15, 0.2) is 71.6 Å². The molecule has 0 spiro atoms. The maximum absolute atomic E-state index is 13.8. The molecule has 5 nitrogen and oxygen atoms in total. The Morgan fingerprint density at radius 1 is 0.837 bits per heavy atom. The smallest absolute Gasteiger partial charge is 0.223 e. The van der Waals surface area contributed by atoms with Crippen molar-refractivity contribution in [1.29, 1.82) is 0 Å². The second-order valence-corrected chi connectivity index (χ2v) is 13.2. The standard InChI is InChI=1S/C35H44F2N4OS/c1-2-16-35(42-33-7-3-5-28-6-4-21-43-34(28)33,40-19-17-38-24-31(40)22-26-8-12-29(36)13-9-26)41-20-18-39-25-32(41)23-27-10-14-30(37)15-11-27/h3,5,7-15,31-32,38-39H,2,4,6,16-25H2,1H3. The average Bonchev–Trinajstić information content (AvgIpc) is 3.04. The Bertz CT molecular complexity index is 1270. The molecule has 3 aliphatic heterocycles. The van der Waals surface area contributed by atoms with Crippen LogP contribution in [0, 0.1) is 11.6 Å². The lowest BCUT2D eigenvalue weighted by atomic mass is 9.96. The Labute approximate surface area is 259 Å². The summed E-state index contributed by atoms with van der Waals surface area (Å²) in [6.45, 7) is 7.38. The van der Waals surface area contributed by atoms with Crippen molar-refractivity contribution in [2.24, 2.45) is 0 Å². The van der Waals surface area contributed by atoms with E-state index >= 15 is 0 Å². The fourth-order valence-corrected chi connectivity index (χ4v) is 8.25.